The molecule has 0 aliphatic rings. The highest BCUT2D eigenvalue weighted by atomic mass is 19.4. The lowest BCUT2D eigenvalue weighted by atomic mass is 10.2. The van der Waals surface area contributed by atoms with E-state index >= 15 is 0 Å². The van der Waals surface area contributed by atoms with Gasteiger partial charge in [0.15, 0.2) is 0 Å². The van der Waals surface area contributed by atoms with Crippen LogP contribution in [0.5, 0.6) is 0 Å². The van der Waals surface area contributed by atoms with Crippen LogP contribution >= 0.6 is 0 Å². The quantitative estimate of drug-likeness (QED) is 0.209. The zero-order valence-corrected chi connectivity index (χ0v) is 9.22. The van der Waals surface area contributed by atoms with E-state index in [-0.39, 0.29) is 18.3 Å². The van der Waals surface area contributed by atoms with Gasteiger partial charge in [0.25, 0.3) is 0 Å². The molecular formula is C9H18F3N3O. The maximum atomic E-state index is 11.8. The van der Waals surface area contributed by atoms with E-state index in [0.717, 1.165) is 0 Å². The fourth-order valence-electron chi connectivity index (χ4n) is 1.23. The smallest absolute Gasteiger partial charge is 0.389 e. The third-order valence-corrected chi connectivity index (χ3v) is 2.02. The minimum atomic E-state index is -4.07. The van der Waals surface area contributed by atoms with Crippen LogP contribution < -0.4 is 11.1 Å². The van der Waals surface area contributed by atoms with Crippen molar-refractivity contribution in [3.63, 3.8) is 0 Å². The number of hydrogen-bond acceptors (Lipinski definition) is 3. The number of nitrogens with zero attached hydrogens (tertiary/aromatic N) is 1. The van der Waals surface area contributed by atoms with Crippen LogP contribution in [-0.2, 0) is 0 Å². The third kappa shape index (κ3) is 9.57. The van der Waals surface area contributed by atoms with E-state index in [9.17, 15) is 13.2 Å². The standard InChI is InChI=1S/C9H18F3N3O/c1-7(6-8(13)15-16)14-5-3-2-4-9(10,11)12/h7,14,16H,2-6H2,1H3,(H2,13,15). The molecule has 0 spiro atoms. The first kappa shape index (κ1) is 15.0. The molecule has 1 atom stereocenters. The van der Waals surface area contributed by atoms with Crippen LogP contribution in [0.4, 0.5) is 13.2 Å². The van der Waals surface area contributed by atoms with Crippen molar-refractivity contribution in [1.82, 2.24) is 5.32 Å². The normalized spacial score (nSPS) is 15.1. The SMILES string of the molecule is CC(CC(N)=NO)NCCCCC(F)(F)F. The van der Waals surface area contributed by atoms with Crippen molar-refractivity contribution in [3.8, 4) is 0 Å². The zero-order valence-electron chi connectivity index (χ0n) is 9.22. The minimum absolute atomic E-state index is 0.0122. The van der Waals surface area contributed by atoms with E-state index in [1.54, 1.807) is 0 Å². The number of rotatable bonds is 7. The molecule has 7 heteroatoms. The minimum Gasteiger partial charge on any atom is -0.409 e. The summed E-state index contributed by atoms with van der Waals surface area (Å²) in [5, 5.41) is 14.1. The fraction of sp³-hybridized carbons (Fsp3) is 0.889. The fourth-order valence-corrected chi connectivity index (χ4v) is 1.23. The molecule has 0 saturated heterocycles. The number of hydrogen-bond donors (Lipinski definition) is 3. The molecule has 0 aliphatic heterocycles. The van der Waals surface area contributed by atoms with Gasteiger partial charge in [-0.25, -0.2) is 0 Å². The molecule has 0 rings (SSSR count). The van der Waals surface area contributed by atoms with Gasteiger partial charge in [0.1, 0.15) is 5.84 Å². The van der Waals surface area contributed by atoms with Gasteiger partial charge in [0.05, 0.1) is 0 Å². The number of halogens is 3. The Labute approximate surface area is 92.7 Å². The maximum Gasteiger partial charge on any atom is 0.389 e. The van der Waals surface area contributed by atoms with Crippen LogP contribution in [0, 0.1) is 0 Å². The number of amidine groups is 1. The molecule has 0 aromatic carbocycles. The summed E-state index contributed by atoms with van der Waals surface area (Å²) >= 11 is 0. The molecule has 0 aromatic rings. The molecule has 0 radical (unpaired) electrons. The Bertz CT molecular complexity index is 219. The van der Waals surface area contributed by atoms with Gasteiger partial charge in [0.2, 0.25) is 0 Å². The summed E-state index contributed by atoms with van der Waals surface area (Å²) in [7, 11) is 0. The summed E-state index contributed by atoms with van der Waals surface area (Å²) in [4.78, 5) is 0. The lowest BCUT2D eigenvalue weighted by molar-refractivity contribution is -0.135. The summed E-state index contributed by atoms with van der Waals surface area (Å²) in [6.07, 6.45) is -3.87. The van der Waals surface area contributed by atoms with Crippen molar-refractivity contribution in [1.29, 1.82) is 0 Å². The van der Waals surface area contributed by atoms with Crippen LogP contribution in [0.25, 0.3) is 0 Å². The summed E-state index contributed by atoms with van der Waals surface area (Å²) in [6.45, 7) is 2.32. The molecule has 0 aliphatic carbocycles. The number of unbranched alkanes of at least 4 members (excludes halogenated alkanes) is 1. The molecule has 4 nitrogen and oxygen atoms in total. The molecule has 96 valence electrons. The van der Waals surface area contributed by atoms with Gasteiger partial charge < -0.3 is 16.3 Å². The predicted molar refractivity (Wildman–Crippen MR) is 55.4 cm³/mol. The topological polar surface area (TPSA) is 70.6 Å². The first-order chi connectivity index (χ1) is 7.35. The Morgan fingerprint density at radius 1 is 1.44 bits per heavy atom. The summed E-state index contributed by atoms with van der Waals surface area (Å²) < 4.78 is 35.3. The summed E-state index contributed by atoms with van der Waals surface area (Å²) in [5.74, 6) is 0.107. The van der Waals surface area contributed by atoms with Crippen LogP contribution in [0.1, 0.15) is 32.6 Å². The van der Waals surface area contributed by atoms with E-state index in [0.29, 0.717) is 19.4 Å². The van der Waals surface area contributed by atoms with Crippen molar-refractivity contribution in [3.05, 3.63) is 0 Å². The second kappa shape index (κ2) is 7.32. The van der Waals surface area contributed by atoms with Crippen molar-refractivity contribution in [2.75, 3.05) is 6.54 Å². The van der Waals surface area contributed by atoms with E-state index in [1.807, 2.05) is 6.92 Å². The monoisotopic (exact) mass is 241 g/mol. The van der Waals surface area contributed by atoms with Gasteiger partial charge in [-0.3, -0.25) is 0 Å². The van der Waals surface area contributed by atoms with Crippen LogP contribution in [0.3, 0.4) is 0 Å². The number of nitrogens with one attached hydrogen (secondary N) is 1. The largest absolute Gasteiger partial charge is 0.409 e. The van der Waals surface area contributed by atoms with E-state index in [4.69, 9.17) is 10.9 Å². The van der Waals surface area contributed by atoms with Gasteiger partial charge >= 0.3 is 6.18 Å². The first-order valence-corrected chi connectivity index (χ1v) is 5.11. The molecule has 0 fully saturated rings. The van der Waals surface area contributed by atoms with Crippen molar-refractivity contribution in [2.24, 2.45) is 10.9 Å². The second-order valence-corrected chi connectivity index (χ2v) is 3.72. The molecule has 1 unspecified atom stereocenters. The molecule has 0 saturated carbocycles. The highest BCUT2D eigenvalue weighted by molar-refractivity contribution is 5.80. The van der Waals surface area contributed by atoms with Gasteiger partial charge in [0, 0.05) is 18.9 Å². The Balaban J connectivity index is 3.45. The lowest BCUT2D eigenvalue weighted by Crippen LogP contribution is -2.31. The highest BCUT2D eigenvalue weighted by Gasteiger charge is 2.25. The number of alkyl halides is 3. The van der Waals surface area contributed by atoms with Crippen molar-refractivity contribution >= 4 is 5.84 Å². The average molecular weight is 241 g/mol. The van der Waals surface area contributed by atoms with Gasteiger partial charge in [-0.15, -0.1) is 0 Å². The van der Waals surface area contributed by atoms with Gasteiger partial charge in [-0.1, -0.05) is 5.16 Å². The molecule has 0 aromatic heterocycles. The summed E-state index contributed by atoms with van der Waals surface area (Å²) in [6, 6.07) is -0.0122. The Morgan fingerprint density at radius 3 is 2.56 bits per heavy atom. The Kier molecular flexibility index (Phi) is 6.87. The van der Waals surface area contributed by atoms with Gasteiger partial charge in [-0.05, 0) is 26.3 Å². The number of nitrogens with two attached hydrogens (primary N) is 1. The molecule has 0 heterocycles. The lowest BCUT2D eigenvalue weighted by Gasteiger charge is -2.12. The Hall–Kier alpha value is -0.980. The van der Waals surface area contributed by atoms with Crippen LogP contribution in [-0.4, -0.2) is 29.8 Å². The van der Waals surface area contributed by atoms with Crippen molar-refractivity contribution in [2.45, 2.75) is 44.8 Å². The van der Waals surface area contributed by atoms with Crippen molar-refractivity contribution < 1.29 is 18.4 Å². The second-order valence-electron chi connectivity index (χ2n) is 3.72. The molecule has 0 bridgehead atoms. The van der Waals surface area contributed by atoms with E-state index < -0.39 is 12.6 Å². The van der Waals surface area contributed by atoms with Gasteiger partial charge in [-0.2, -0.15) is 13.2 Å². The first-order valence-electron chi connectivity index (χ1n) is 5.11. The van der Waals surface area contributed by atoms with Crippen LogP contribution in [0.2, 0.25) is 0 Å². The zero-order chi connectivity index (χ0) is 12.6. The Morgan fingerprint density at radius 2 is 2.06 bits per heavy atom. The average Bonchev–Trinajstić information content (AvgIpc) is 2.15. The maximum absolute atomic E-state index is 11.8. The highest BCUT2D eigenvalue weighted by Crippen LogP contribution is 2.21. The van der Waals surface area contributed by atoms with E-state index in [1.165, 1.54) is 0 Å². The number of oxime groups is 1. The van der Waals surface area contributed by atoms with E-state index in [2.05, 4.69) is 10.5 Å². The molecule has 4 N–H and O–H groups in total. The molecule has 16 heavy (non-hydrogen) atoms. The molecule has 0 amide bonds. The molecular weight excluding hydrogens is 223 g/mol. The summed E-state index contributed by atoms with van der Waals surface area (Å²) in [5.41, 5.74) is 5.27. The predicted octanol–water partition coefficient (Wildman–Crippen LogP) is 1.83. The third-order valence-electron chi connectivity index (χ3n) is 2.02. The van der Waals surface area contributed by atoms with Crippen LogP contribution in [0.15, 0.2) is 5.16 Å².